The summed E-state index contributed by atoms with van der Waals surface area (Å²) in [5.41, 5.74) is -0.0416. The number of hydrogen-bond acceptors (Lipinski definition) is 2. The molecule has 1 N–H and O–H groups in total. The van der Waals surface area contributed by atoms with Crippen molar-refractivity contribution in [1.82, 2.24) is 0 Å². The molecule has 2 nitrogen and oxygen atoms in total. The van der Waals surface area contributed by atoms with Gasteiger partial charge < -0.3 is 9.84 Å². The lowest BCUT2D eigenvalue weighted by Gasteiger charge is -2.29. The highest BCUT2D eigenvalue weighted by molar-refractivity contribution is 5.22. The molecule has 0 radical (unpaired) electrons. The van der Waals surface area contributed by atoms with Gasteiger partial charge in [0.1, 0.15) is 5.60 Å². The maximum atomic E-state index is 10.1. The van der Waals surface area contributed by atoms with Crippen LogP contribution in [0.1, 0.15) is 19.4 Å². The van der Waals surface area contributed by atoms with Gasteiger partial charge in [-0.15, -0.1) is 0 Å². The molecule has 2 heteroatoms. The molecule has 0 fully saturated rings. The summed E-state index contributed by atoms with van der Waals surface area (Å²) in [5, 5.41) is 10.1. The minimum atomic E-state index is -0.921. The molecule has 0 saturated heterocycles. The summed E-state index contributed by atoms with van der Waals surface area (Å²) in [6.45, 7) is 3.61. The number of benzene rings is 1. The van der Waals surface area contributed by atoms with E-state index in [0.717, 1.165) is 5.56 Å². The smallest absolute Gasteiger partial charge is 0.113 e. The predicted octanol–water partition coefficient (Wildman–Crippen LogP) is 1.93. The van der Waals surface area contributed by atoms with Crippen LogP contribution in [0.25, 0.3) is 0 Å². The molecule has 0 aliphatic carbocycles. The topological polar surface area (TPSA) is 29.5 Å². The fraction of sp³-hybridized carbons (Fsp3) is 0.455. The van der Waals surface area contributed by atoms with Gasteiger partial charge in [-0.25, -0.2) is 0 Å². The van der Waals surface area contributed by atoms with Gasteiger partial charge in [-0.2, -0.15) is 0 Å². The first-order valence-corrected chi connectivity index (χ1v) is 4.39. The van der Waals surface area contributed by atoms with Crippen molar-refractivity contribution in [3.8, 4) is 0 Å². The van der Waals surface area contributed by atoms with Gasteiger partial charge in [-0.05, 0) is 19.4 Å². The van der Waals surface area contributed by atoms with Crippen LogP contribution in [0.5, 0.6) is 0 Å². The van der Waals surface area contributed by atoms with E-state index in [4.69, 9.17) is 4.74 Å². The van der Waals surface area contributed by atoms with Gasteiger partial charge >= 0.3 is 0 Å². The van der Waals surface area contributed by atoms with Gasteiger partial charge in [-0.3, -0.25) is 0 Å². The Morgan fingerprint density at radius 1 is 1.31 bits per heavy atom. The van der Waals surface area contributed by atoms with E-state index in [1.54, 1.807) is 14.0 Å². The molecule has 1 aromatic rings. The normalized spacial score (nSPS) is 17.8. The summed E-state index contributed by atoms with van der Waals surface area (Å²) >= 11 is 0. The Balaban J connectivity index is 2.93. The Morgan fingerprint density at radius 2 is 1.85 bits per heavy atom. The van der Waals surface area contributed by atoms with Gasteiger partial charge in [0.2, 0.25) is 0 Å². The van der Waals surface area contributed by atoms with Crippen molar-refractivity contribution in [3.63, 3.8) is 0 Å². The summed E-state index contributed by atoms with van der Waals surface area (Å²) in [7, 11) is 1.60. The molecule has 0 saturated carbocycles. The fourth-order valence-corrected chi connectivity index (χ4v) is 1.24. The summed E-state index contributed by atoms with van der Waals surface area (Å²) < 4.78 is 5.12. The van der Waals surface area contributed by atoms with E-state index in [2.05, 4.69) is 0 Å². The highest BCUT2D eigenvalue weighted by atomic mass is 16.5. The quantitative estimate of drug-likeness (QED) is 0.770. The minimum Gasteiger partial charge on any atom is -0.383 e. The second-order valence-corrected chi connectivity index (χ2v) is 3.39. The Hall–Kier alpha value is -0.860. The van der Waals surface area contributed by atoms with Gasteiger partial charge in [-0.1, -0.05) is 30.3 Å². The molecule has 0 aliphatic heterocycles. The van der Waals surface area contributed by atoms with Crippen LogP contribution in [-0.2, 0) is 10.3 Å². The van der Waals surface area contributed by atoms with Crippen LogP contribution >= 0.6 is 0 Å². The summed E-state index contributed by atoms with van der Waals surface area (Å²) in [5.74, 6) is 0. The molecule has 0 unspecified atom stereocenters. The second kappa shape index (κ2) is 3.90. The van der Waals surface area contributed by atoms with Crippen LogP contribution in [-0.4, -0.2) is 18.3 Å². The zero-order chi connectivity index (χ0) is 9.90. The number of aliphatic hydroxyl groups is 1. The van der Waals surface area contributed by atoms with Crippen LogP contribution in [0.2, 0.25) is 0 Å². The third kappa shape index (κ3) is 2.08. The first-order chi connectivity index (χ1) is 6.09. The monoisotopic (exact) mass is 180 g/mol. The van der Waals surface area contributed by atoms with Crippen molar-refractivity contribution in [3.05, 3.63) is 35.9 Å². The van der Waals surface area contributed by atoms with Crippen LogP contribution in [0, 0.1) is 0 Å². The Labute approximate surface area is 79.2 Å². The number of ether oxygens (including phenoxy) is 1. The highest BCUT2D eigenvalue weighted by Gasteiger charge is 2.29. The lowest BCUT2D eigenvalue weighted by atomic mass is 9.91. The predicted molar refractivity (Wildman–Crippen MR) is 52.5 cm³/mol. The van der Waals surface area contributed by atoms with Crippen molar-refractivity contribution < 1.29 is 9.84 Å². The first kappa shape index (κ1) is 10.2. The zero-order valence-corrected chi connectivity index (χ0v) is 8.32. The molecule has 72 valence electrons. The molecule has 2 atom stereocenters. The molecular weight excluding hydrogens is 164 g/mol. The van der Waals surface area contributed by atoms with Crippen LogP contribution in [0.3, 0.4) is 0 Å². The van der Waals surface area contributed by atoms with Crippen molar-refractivity contribution in [1.29, 1.82) is 0 Å². The first-order valence-electron chi connectivity index (χ1n) is 4.39. The average Bonchev–Trinajstić information content (AvgIpc) is 2.18. The van der Waals surface area contributed by atoms with E-state index in [1.807, 2.05) is 37.3 Å². The van der Waals surface area contributed by atoms with Crippen LogP contribution < -0.4 is 0 Å². The molecule has 0 amide bonds. The maximum Gasteiger partial charge on any atom is 0.113 e. The number of rotatable bonds is 3. The van der Waals surface area contributed by atoms with Gasteiger partial charge in [0.05, 0.1) is 6.10 Å². The Morgan fingerprint density at radius 3 is 2.31 bits per heavy atom. The third-order valence-electron chi connectivity index (χ3n) is 2.50. The van der Waals surface area contributed by atoms with Crippen molar-refractivity contribution >= 4 is 0 Å². The largest absolute Gasteiger partial charge is 0.383 e. The Kier molecular flexibility index (Phi) is 3.07. The average molecular weight is 180 g/mol. The third-order valence-corrected chi connectivity index (χ3v) is 2.50. The zero-order valence-electron chi connectivity index (χ0n) is 8.32. The standard InChI is InChI=1S/C11H16O2/c1-9(13-3)11(2,12)10-7-5-4-6-8-10/h4-9,12H,1-3H3/t9-,11-/m0/s1. The molecule has 0 aliphatic rings. The molecule has 1 aromatic carbocycles. The van der Waals surface area contributed by atoms with Crippen LogP contribution in [0.4, 0.5) is 0 Å². The van der Waals surface area contributed by atoms with E-state index in [1.165, 1.54) is 0 Å². The summed E-state index contributed by atoms with van der Waals surface area (Å²) in [6.07, 6.45) is -0.213. The van der Waals surface area contributed by atoms with E-state index >= 15 is 0 Å². The molecule has 13 heavy (non-hydrogen) atoms. The lowest BCUT2D eigenvalue weighted by Crippen LogP contribution is -2.35. The van der Waals surface area contributed by atoms with Crippen LogP contribution in [0.15, 0.2) is 30.3 Å². The fourth-order valence-electron chi connectivity index (χ4n) is 1.24. The second-order valence-electron chi connectivity index (χ2n) is 3.39. The highest BCUT2D eigenvalue weighted by Crippen LogP contribution is 2.25. The van der Waals surface area contributed by atoms with Crippen molar-refractivity contribution in [2.24, 2.45) is 0 Å². The van der Waals surface area contributed by atoms with Crippen molar-refractivity contribution in [2.75, 3.05) is 7.11 Å². The molecular formula is C11H16O2. The van der Waals surface area contributed by atoms with Gasteiger partial charge in [0, 0.05) is 7.11 Å². The number of hydrogen-bond donors (Lipinski definition) is 1. The molecule has 0 aromatic heterocycles. The Bertz CT molecular complexity index is 254. The maximum absolute atomic E-state index is 10.1. The number of methoxy groups -OCH3 is 1. The lowest BCUT2D eigenvalue weighted by molar-refractivity contribution is -0.0771. The van der Waals surface area contributed by atoms with E-state index in [9.17, 15) is 5.11 Å². The summed E-state index contributed by atoms with van der Waals surface area (Å²) in [4.78, 5) is 0. The SMILES string of the molecule is CO[C@@H](C)[C@](C)(O)c1ccccc1. The minimum absolute atomic E-state index is 0.213. The van der Waals surface area contributed by atoms with Gasteiger partial charge in [0.15, 0.2) is 0 Å². The van der Waals surface area contributed by atoms with Gasteiger partial charge in [0.25, 0.3) is 0 Å². The van der Waals surface area contributed by atoms with E-state index in [0.29, 0.717) is 0 Å². The molecule has 0 heterocycles. The van der Waals surface area contributed by atoms with E-state index < -0.39 is 5.60 Å². The molecule has 0 spiro atoms. The summed E-state index contributed by atoms with van der Waals surface area (Å²) in [6, 6.07) is 9.54. The molecule has 1 rings (SSSR count). The molecule has 0 bridgehead atoms. The van der Waals surface area contributed by atoms with Crippen molar-refractivity contribution in [2.45, 2.75) is 25.6 Å². The van der Waals surface area contributed by atoms with E-state index in [-0.39, 0.29) is 6.10 Å².